The first-order valence-electron chi connectivity index (χ1n) is 4.69. The first-order valence-corrected chi connectivity index (χ1v) is 5.76. The summed E-state index contributed by atoms with van der Waals surface area (Å²) in [6.07, 6.45) is 3.85. The molecule has 0 aromatic rings. The molecule has 12 heavy (non-hydrogen) atoms. The quantitative estimate of drug-likeness (QED) is 0.441. The van der Waals surface area contributed by atoms with Gasteiger partial charge in [0.2, 0.25) is 0 Å². The van der Waals surface area contributed by atoms with Gasteiger partial charge in [-0.25, -0.2) is 0 Å². The number of halogens is 2. The van der Waals surface area contributed by atoms with Crippen molar-refractivity contribution >= 4 is 23.2 Å². The molecule has 0 aliphatic rings. The third-order valence-electron chi connectivity index (χ3n) is 1.88. The normalized spacial score (nSPS) is 11.0. The van der Waals surface area contributed by atoms with Gasteiger partial charge in [-0.05, 0) is 13.0 Å². The number of nitrogens with zero attached hydrogens (tertiary/aromatic N) is 1. The molecule has 0 aliphatic carbocycles. The van der Waals surface area contributed by atoms with Gasteiger partial charge in [0.15, 0.2) is 0 Å². The highest BCUT2D eigenvalue weighted by Gasteiger charge is 2.01. The summed E-state index contributed by atoms with van der Waals surface area (Å²) in [5.74, 6) is 1.42. The fraction of sp³-hybridized carbons (Fsp3) is 1.00. The van der Waals surface area contributed by atoms with Gasteiger partial charge in [-0.2, -0.15) is 0 Å². The Morgan fingerprint density at radius 1 is 0.917 bits per heavy atom. The molecular weight excluding hydrogens is 193 g/mol. The van der Waals surface area contributed by atoms with Crippen molar-refractivity contribution in [3.05, 3.63) is 0 Å². The van der Waals surface area contributed by atoms with Gasteiger partial charge in [0.25, 0.3) is 0 Å². The maximum Gasteiger partial charge on any atom is 0.0351 e. The number of hydrogen-bond acceptors (Lipinski definition) is 1. The lowest BCUT2D eigenvalue weighted by molar-refractivity contribution is 0.300. The molecule has 0 fully saturated rings. The van der Waals surface area contributed by atoms with Gasteiger partial charge in [0.05, 0.1) is 0 Å². The van der Waals surface area contributed by atoms with Crippen LogP contribution in [0.4, 0.5) is 0 Å². The van der Waals surface area contributed by atoms with Crippen LogP contribution in [0.25, 0.3) is 0 Å². The molecule has 0 saturated carbocycles. The van der Waals surface area contributed by atoms with Gasteiger partial charge in [0, 0.05) is 24.8 Å². The molecule has 0 radical (unpaired) electrons. The molecule has 74 valence electrons. The minimum atomic E-state index is 0.711. The van der Waals surface area contributed by atoms with Crippen molar-refractivity contribution in [3.8, 4) is 0 Å². The number of alkyl halides is 2. The highest BCUT2D eigenvalue weighted by molar-refractivity contribution is 6.18. The van der Waals surface area contributed by atoms with Crippen LogP contribution in [-0.4, -0.2) is 36.3 Å². The first-order chi connectivity index (χ1) is 5.85. The van der Waals surface area contributed by atoms with Crippen LogP contribution in [0.15, 0.2) is 0 Å². The van der Waals surface area contributed by atoms with Crippen molar-refractivity contribution < 1.29 is 0 Å². The average molecular weight is 212 g/mol. The maximum absolute atomic E-state index is 5.66. The van der Waals surface area contributed by atoms with Crippen LogP contribution in [0.5, 0.6) is 0 Å². The third-order valence-corrected chi connectivity index (χ3v) is 2.22. The third kappa shape index (κ3) is 7.20. The molecule has 0 aliphatic heterocycles. The van der Waals surface area contributed by atoms with Gasteiger partial charge in [-0.1, -0.05) is 19.8 Å². The maximum atomic E-state index is 5.66. The van der Waals surface area contributed by atoms with Crippen LogP contribution in [0, 0.1) is 0 Å². The van der Waals surface area contributed by atoms with Crippen molar-refractivity contribution in [1.29, 1.82) is 0 Å². The number of hydrogen-bond donors (Lipinski definition) is 0. The van der Waals surface area contributed by atoms with Crippen LogP contribution in [0.2, 0.25) is 0 Å². The van der Waals surface area contributed by atoms with Crippen molar-refractivity contribution in [1.82, 2.24) is 4.90 Å². The average Bonchev–Trinajstić information content (AvgIpc) is 2.06. The first kappa shape index (κ1) is 12.5. The minimum Gasteiger partial charge on any atom is -0.301 e. The van der Waals surface area contributed by atoms with Crippen LogP contribution in [0.1, 0.15) is 26.2 Å². The Bertz CT molecular complexity index is 82.6. The summed E-state index contributed by atoms with van der Waals surface area (Å²) in [6.45, 7) is 5.30. The topological polar surface area (TPSA) is 3.24 Å². The van der Waals surface area contributed by atoms with E-state index in [1.54, 1.807) is 0 Å². The molecule has 0 aromatic heterocycles. The summed E-state index contributed by atoms with van der Waals surface area (Å²) >= 11 is 11.3. The lowest BCUT2D eigenvalue weighted by Crippen LogP contribution is -2.28. The van der Waals surface area contributed by atoms with Crippen molar-refractivity contribution in [2.75, 3.05) is 31.4 Å². The predicted octanol–water partition coefficient (Wildman–Crippen LogP) is 2.96. The lowest BCUT2D eigenvalue weighted by atomic mass is 10.2. The number of unbranched alkanes of at least 4 members (excludes halogenated alkanes) is 2. The fourth-order valence-electron chi connectivity index (χ4n) is 1.16. The van der Waals surface area contributed by atoms with Gasteiger partial charge < -0.3 is 4.90 Å². The van der Waals surface area contributed by atoms with Crippen LogP contribution >= 0.6 is 23.2 Å². The van der Waals surface area contributed by atoms with E-state index in [4.69, 9.17) is 23.2 Å². The predicted molar refractivity (Wildman–Crippen MR) is 57.4 cm³/mol. The Morgan fingerprint density at radius 2 is 1.50 bits per heavy atom. The van der Waals surface area contributed by atoms with Crippen molar-refractivity contribution in [3.63, 3.8) is 0 Å². The monoisotopic (exact) mass is 211 g/mol. The zero-order valence-electron chi connectivity index (χ0n) is 7.86. The summed E-state index contributed by atoms with van der Waals surface area (Å²) in [4.78, 5) is 2.33. The van der Waals surface area contributed by atoms with E-state index in [9.17, 15) is 0 Å². The molecule has 0 bridgehead atoms. The Hall–Kier alpha value is 0.540. The summed E-state index contributed by atoms with van der Waals surface area (Å²) in [7, 11) is 0. The van der Waals surface area contributed by atoms with E-state index in [-0.39, 0.29) is 0 Å². The minimum absolute atomic E-state index is 0.711. The summed E-state index contributed by atoms with van der Waals surface area (Å²) in [5, 5.41) is 0. The summed E-state index contributed by atoms with van der Waals surface area (Å²) in [5.41, 5.74) is 0. The van der Waals surface area contributed by atoms with Crippen LogP contribution < -0.4 is 0 Å². The van der Waals surface area contributed by atoms with E-state index >= 15 is 0 Å². The summed E-state index contributed by atoms with van der Waals surface area (Å²) < 4.78 is 0. The van der Waals surface area contributed by atoms with Gasteiger partial charge in [-0.3, -0.25) is 0 Å². The van der Waals surface area contributed by atoms with E-state index in [0.717, 1.165) is 19.6 Å². The number of rotatable bonds is 8. The lowest BCUT2D eigenvalue weighted by Gasteiger charge is -2.19. The Balaban J connectivity index is 3.34. The Labute approximate surface area is 86.0 Å². The molecule has 1 nitrogen and oxygen atoms in total. The molecule has 0 spiro atoms. The van der Waals surface area contributed by atoms with Gasteiger partial charge in [-0.15, -0.1) is 23.2 Å². The smallest absolute Gasteiger partial charge is 0.0351 e. The molecule has 0 atom stereocenters. The Kier molecular flexibility index (Phi) is 10.1. The molecule has 0 amide bonds. The second-order valence-corrected chi connectivity index (χ2v) is 3.68. The Morgan fingerprint density at radius 3 is 1.92 bits per heavy atom. The zero-order valence-corrected chi connectivity index (χ0v) is 9.37. The van der Waals surface area contributed by atoms with E-state index in [2.05, 4.69) is 11.8 Å². The standard InChI is InChI=1S/C9H19Cl2N/c1-2-3-4-7-12(8-5-10)9-6-11/h2-9H2,1H3. The highest BCUT2D eigenvalue weighted by Crippen LogP contribution is 1.99. The zero-order chi connectivity index (χ0) is 9.23. The van der Waals surface area contributed by atoms with Gasteiger partial charge in [0.1, 0.15) is 0 Å². The molecule has 0 unspecified atom stereocenters. The van der Waals surface area contributed by atoms with Gasteiger partial charge >= 0.3 is 0 Å². The summed E-state index contributed by atoms with van der Waals surface area (Å²) in [6, 6.07) is 0. The highest BCUT2D eigenvalue weighted by atomic mass is 35.5. The molecule has 0 heterocycles. The van der Waals surface area contributed by atoms with Crippen LogP contribution in [0.3, 0.4) is 0 Å². The fourth-order valence-corrected chi connectivity index (χ4v) is 1.64. The van der Waals surface area contributed by atoms with Crippen LogP contribution in [-0.2, 0) is 0 Å². The largest absolute Gasteiger partial charge is 0.301 e. The van der Waals surface area contributed by atoms with E-state index in [0.29, 0.717) is 11.8 Å². The van der Waals surface area contributed by atoms with Crippen molar-refractivity contribution in [2.24, 2.45) is 0 Å². The second-order valence-electron chi connectivity index (χ2n) is 2.93. The molecule has 0 aromatic carbocycles. The second kappa shape index (κ2) is 9.63. The molecule has 3 heteroatoms. The van der Waals surface area contributed by atoms with E-state index in [1.165, 1.54) is 19.3 Å². The molecule has 0 saturated heterocycles. The molecule has 0 rings (SSSR count). The molecular formula is C9H19Cl2N. The van der Waals surface area contributed by atoms with E-state index < -0.39 is 0 Å². The van der Waals surface area contributed by atoms with E-state index in [1.807, 2.05) is 0 Å². The van der Waals surface area contributed by atoms with Crippen molar-refractivity contribution in [2.45, 2.75) is 26.2 Å². The molecule has 0 N–H and O–H groups in total. The SMILES string of the molecule is CCCCCN(CCCl)CCCl.